The summed E-state index contributed by atoms with van der Waals surface area (Å²) in [6.07, 6.45) is 2.73. The largest absolute Gasteiger partial charge is 0.388 e. The molecule has 2 aliphatic heterocycles. The fourth-order valence-electron chi connectivity index (χ4n) is 4.11. The van der Waals surface area contributed by atoms with Crippen LogP contribution in [0.1, 0.15) is 37.8 Å². The molecule has 1 aromatic heterocycles. The van der Waals surface area contributed by atoms with Crippen molar-refractivity contribution in [3.8, 4) is 0 Å². The molecule has 9 heteroatoms. The molecule has 1 saturated heterocycles. The minimum Gasteiger partial charge on any atom is -0.388 e. The standard InChI is InChI=1S/C24H31N7O2/c1-4-12-30-22-20(23(32)31(13-5-2)24(30)33)28-21(29-22)17-8-11-19(27-15-17)26-14-16-6-9-18(25-3)10-7-16/h6-11,15,20,22,25H,4-5,12-14H2,1-3H3,(H,26,27)(H,28,29). The van der Waals surface area contributed by atoms with Crippen molar-refractivity contribution < 1.29 is 9.59 Å². The number of rotatable bonds is 9. The highest BCUT2D eigenvalue weighted by molar-refractivity contribution is 6.08. The van der Waals surface area contributed by atoms with Crippen molar-refractivity contribution in [3.05, 3.63) is 53.7 Å². The molecular formula is C24H31N7O2. The van der Waals surface area contributed by atoms with Gasteiger partial charge in [0.1, 0.15) is 17.7 Å². The Labute approximate surface area is 194 Å². The van der Waals surface area contributed by atoms with Crippen molar-refractivity contribution in [2.45, 2.75) is 45.4 Å². The quantitative estimate of drug-likeness (QED) is 0.544. The van der Waals surface area contributed by atoms with E-state index in [0.717, 1.165) is 35.5 Å². The minimum atomic E-state index is -0.561. The Balaban J connectivity index is 1.45. The number of benzene rings is 1. The predicted molar refractivity (Wildman–Crippen MR) is 129 cm³/mol. The smallest absolute Gasteiger partial charge is 0.328 e. The summed E-state index contributed by atoms with van der Waals surface area (Å²) >= 11 is 0. The van der Waals surface area contributed by atoms with Crippen molar-refractivity contribution in [2.75, 3.05) is 30.8 Å². The Kier molecular flexibility index (Phi) is 6.76. The van der Waals surface area contributed by atoms with Crippen molar-refractivity contribution in [2.24, 2.45) is 4.99 Å². The summed E-state index contributed by atoms with van der Waals surface area (Å²) in [5.41, 5.74) is 3.01. The number of carbonyl (C=O) groups is 2. The Morgan fingerprint density at radius 2 is 1.79 bits per heavy atom. The summed E-state index contributed by atoms with van der Waals surface area (Å²) in [7, 11) is 1.90. The highest BCUT2D eigenvalue weighted by atomic mass is 16.2. The topological polar surface area (TPSA) is 102 Å². The second kappa shape index (κ2) is 9.89. The zero-order chi connectivity index (χ0) is 23.4. The van der Waals surface area contributed by atoms with E-state index in [0.29, 0.717) is 25.5 Å². The van der Waals surface area contributed by atoms with E-state index in [1.165, 1.54) is 4.90 Å². The summed E-state index contributed by atoms with van der Waals surface area (Å²) < 4.78 is 0. The molecule has 0 bridgehead atoms. The van der Waals surface area contributed by atoms with Gasteiger partial charge in [-0.05, 0) is 42.7 Å². The number of hydrogen-bond acceptors (Lipinski definition) is 7. The molecule has 0 radical (unpaired) electrons. The molecule has 2 aliphatic rings. The number of anilines is 2. The normalized spacial score (nSPS) is 19.8. The van der Waals surface area contributed by atoms with Gasteiger partial charge in [-0.15, -0.1) is 0 Å². The molecule has 2 aromatic rings. The fourth-order valence-corrected chi connectivity index (χ4v) is 4.11. The first-order valence-electron chi connectivity index (χ1n) is 11.5. The molecule has 2 atom stereocenters. The molecule has 3 amide bonds. The molecule has 1 fully saturated rings. The monoisotopic (exact) mass is 449 g/mol. The first-order chi connectivity index (χ1) is 16.0. The molecule has 0 saturated carbocycles. The maximum atomic E-state index is 13.0. The lowest BCUT2D eigenvalue weighted by atomic mass is 10.1. The van der Waals surface area contributed by atoms with Crippen LogP contribution < -0.4 is 16.0 Å². The number of nitrogens with zero attached hydrogens (tertiary/aromatic N) is 4. The van der Waals surface area contributed by atoms with E-state index in [4.69, 9.17) is 4.99 Å². The maximum Gasteiger partial charge on any atom is 0.328 e. The van der Waals surface area contributed by atoms with Crippen molar-refractivity contribution in [3.63, 3.8) is 0 Å². The number of urea groups is 1. The molecule has 3 heterocycles. The number of amidine groups is 1. The Bertz CT molecular complexity index is 1020. The lowest BCUT2D eigenvalue weighted by Gasteiger charge is -2.40. The molecule has 0 spiro atoms. The Morgan fingerprint density at radius 3 is 2.42 bits per heavy atom. The summed E-state index contributed by atoms with van der Waals surface area (Å²) in [5.74, 6) is 1.13. The van der Waals surface area contributed by atoms with E-state index in [1.54, 1.807) is 11.1 Å². The van der Waals surface area contributed by atoms with E-state index >= 15 is 0 Å². The first-order valence-corrected chi connectivity index (χ1v) is 11.5. The van der Waals surface area contributed by atoms with Crippen LogP contribution in [0.15, 0.2) is 47.6 Å². The van der Waals surface area contributed by atoms with E-state index in [9.17, 15) is 9.59 Å². The lowest BCUT2D eigenvalue weighted by molar-refractivity contribution is -0.134. The lowest BCUT2D eigenvalue weighted by Crippen LogP contribution is -2.65. The van der Waals surface area contributed by atoms with E-state index in [1.807, 2.05) is 45.2 Å². The summed E-state index contributed by atoms with van der Waals surface area (Å²) in [6.45, 7) is 5.61. The van der Waals surface area contributed by atoms with Gasteiger partial charge in [-0.25, -0.2) is 14.8 Å². The molecule has 2 unspecified atom stereocenters. The molecule has 3 N–H and O–H groups in total. The van der Waals surface area contributed by atoms with E-state index < -0.39 is 12.2 Å². The number of aromatic nitrogens is 1. The van der Waals surface area contributed by atoms with Crippen molar-refractivity contribution >= 4 is 29.3 Å². The number of aliphatic imine (C=N–C) groups is 1. The van der Waals surface area contributed by atoms with Crippen LogP contribution in [-0.2, 0) is 11.3 Å². The molecular weight excluding hydrogens is 418 g/mol. The van der Waals surface area contributed by atoms with Crippen LogP contribution in [0, 0.1) is 0 Å². The van der Waals surface area contributed by atoms with Gasteiger partial charge in [0, 0.05) is 44.1 Å². The zero-order valence-corrected chi connectivity index (χ0v) is 19.3. The van der Waals surface area contributed by atoms with Gasteiger partial charge in [0.15, 0.2) is 6.17 Å². The Morgan fingerprint density at radius 1 is 1.03 bits per heavy atom. The van der Waals surface area contributed by atoms with Crippen LogP contribution in [0.25, 0.3) is 0 Å². The zero-order valence-electron chi connectivity index (χ0n) is 19.3. The third-order valence-corrected chi connectivity index (χ3v) is 5.84. The summed E-state index contributed by atoms with van der Waals surface area (Å²) in [5, 5.41) is 9.67. The number of imide groups is 1. The van der Waals surface area contributed by atoms with Gasteiger partial charge in [0.25, 0.3) is 5.91 Å². The highest BCUT2D eigenvalue weighted by Gasteiger charge is 2.49. The average molecular weight is 450 g/mol. The molecule has 9 nitrogen and oxygen atoms in total. The number of nitrogens with one attached hydrogen (secondary N) is 3. The fraction of sp³-hybridized carbons (Fsp3) is 0.417. The number of carbonyl (C=O) groups excluding carboxylic acids is 2. The van der Waals surface area contributed by atoms with Crippen LogP contribution >= 0.6 is 0 Å². The molecule has 33 heavy (non-hydrogen) atoms. The number of pyridine rings is 1. The van der Waals surface area contributed by atoms with Gasteiger partial charge in [0.2, 0.25) is 0 Å². The van der Waals surface area contributed by atoms with E-state index in [-0.39, 0.29) is 11.9 Å². The maximum absolute atomic E-state index is 13.0. The number of hydrogen-bond donors (Lipinski definition) is 3. The van der Waals surface area contributed by atoms with Gasteiger partial charge in [-0.3, -0.25) is 14.6 Å². The second-order valence-corrected chi connectivity index (χ2v) is 8.21. The van der Waals surface area contributed by atoms with Gasteiger partial charge in [-0.2, -0.15) is 0 Å². The predicted octanol–water partition coefficient (Wildman–Crippen LogP) is 2.86. The molecule has 174 valence electrons. The van der Waals surface area contributed by atoms with Crippen LogP contribution in [0.3, 0.4) is 0 Å². The third kappa shape index (κ3) is 4.62. The minimum absolute atomic E-state index is 0.214. The summed E-state index contributed by atoms with van der Waals surface area (Å²) in [6, 6.07) is 11.2. The molecule has 0 aliphatic carbocycles. The number of amides is 3. The molecule has 4 rings (SSSR count). The molecule has 1 aromatic carbocycles. The number of fused-ring (bicyclic) bond motifs is 1. The van der Waals surface area contributed by atoms with Crippen LogP contribution in [-0.4, -0.2) is 64.9 Å². The van der Waals surface area contributed by atoms with Crippen molar-refractivity contribution in [1.82, 2.24) is 20.1 Å². The van der Waals surface area contributed by atoms with Gasteiger partial charge >= 0.3 is 6.03 Å². The van der Waals surface area contributed by atoms with Gasteiger partial charge in [-0.1, -0.05) is 26.0 Å². The van der Waals surface area contributed by atoms with Crippen LogP contribution in [0.4, 0.5) is 16.3 Å². The second-order valence-electron chi connectivity index (χ2n) is 8.21. The van der Waals surface area contributed by atoms with Crippen LogP contribution in [0.2, 0.25) is 0 Å². The summed E-state index contributed by atoms with van der Waals surface area (Å²) in [4.78, 5) is 38.1. The van der Waals surface area contributed by atoms with Gasteiger partial charge in [0.05, 0.1) is 0 Å². The van der Waals surface area contributed by atoms with Gasteiger partial charge < -0.3 is 16.0 Å². The van der Waals surface area contributed by atoms with Crippen LogP contribution in [0.5, 0.6) is 0 Å². The highest BCUT2D eigenvalue weighted by Crippen LogP contribution is 2.25. The first kappa shape index (κ1) is 22.6. The SMILES string of the molecule is CCCN1C(=O)C2NC(c3ccc(NCc4ccc(NC)cc4)nc3)=NC2N(CCC)C1=O. The third-order valence-electron chi connectivity index (χ3n) is 5.84. The van der Waals surface area contributed by atoms with E-state index in [2.05, 4.69) is 33.1 Å². The van der Waals surface area contributed by atoms with Crippen molar-refractivity contribution in [1.29, 1.82) is 0 Å². The Hall–Kier alpha value is -3.62. The average Bonchev–Trinajstić information content (AvgIpc) is 3.29.